The zero-order valence-corrected chi connectivity index (χ0v) is 12.5. The Kier molecular flexibility index (Phi) is 3.80. The number of benzene rings is 1. The number of hydrogen-bond acceptors (Lipinski definition) is 4. The lowest BCUT2D eigenvalue weighted by Crippen LogP contribution is -2.46. The first-order chi connectivity index (χ1) is 10.1. The maximum atomic E-state index is 12.8. The van der Waals surface area contributed by atoms with Crippen LogP contribution in [0, 0.1) is 5.92 Å². The summed E-state index contributed by atoms with van der Waals surface area (Å²) in [6.45, 7) is 0. The molecule has 1 saturated carbocycles. The van der Waals surface area contributed by atoms with Crippen LogP contribution < -0.4 is 4.74 Å². The maximum Gasteiger partial charge on any atom is 0.327 e. The molecule has 0 radical (unpaired) electrons. The standard InChI is InChI=1S/C15H17NO4S/c1-20-11-4-2-3-10(7-11)13(17)16-12(15(18)19)8-21-14(16)9-5-6-9/h2-4,7,9,12,14H,5-6,8H2,1H3,(H,18,19). The van der Waals surface area contributed by atoms with E-state index >= 15 is 0 Å². The van der Waals surface area contributed by atoms with Gasteiger partial charge in [0, 0.05) is 11.3 Å². The Balaban J connectivity index is 1.89. The molecule has 1 aromatic carbocycles. The van der Waals surface area contributed by atoms with Crippen LogP contribution in [0.4, 0.5) is 0 Å². The van der Waals surface area contributed by atoms with Crippen molar-refractivity contribution in [1.29, 1.82) is 0 Å². The van der Waals surface area contributed by atoms with Crippen LogP contribution in [0.2, 0.25) is 0 Å². The van der Waals surface area contributed by atoms with Crippen LogP contribution in [0.3, 0.4) is 0 Å². The highest BCUT2D eigenvalue weighted by atomic mass is 32.2. The molecule has 1 N–H and O–H groups in total. The molecule has 1 aliphatic heterocycles. The number of amides is 1. The Bertz CT molecular complexity index is 573. The zero-order valence-electron chi connectivity index (χ0n) is 11.7. The summed E-state index contributed by atoms with van der Waals surface area (Å²) >= 11 is 1.58. The van der Waals surface area contributed by atoms with Crippen molar-refractivity contribution in [2.75, 3.05) is 12.9 Å². The minimum atomic E-state index is -0.929. The molecule has 1 saturated heterocycles. The third-order valence-electron chi connectivity index (χ3n) is 3.90. The third kappa shape index (κ3) is 2.72. The lowest BCUT2D eigenvalue weighted by atomic mass is 10.1. The molecule has 5 nitrogen and oxygen atoms in total. The van der Waals surface area contributed by atoms with E-state index in [0.29, 0.717) is 23.0 Å². The second-order valence-corrected chi connectivity index (χ2v) is 6.51. The molecule has 112 valence electrons. The van der Waals surface area contributed by atoms with Crippen molar-refractivity contribution in [2.45, 2.75) is 24.3 Å². The second kappa shape index (κ2) is 5.60. The van der Waals surface area contributed by atoms with Crippen molar-refractivity contribution < 1.29 is 19.4 Å². The number of nitrogens with zero attached hydrogens (tertiary/aromatic N) is 1. The van der Waals surface area contributed by atoms with Crippen LogP contribution in [-0.2, 0) is 4.79 Å². The number of thioether (sulfide) groups is 1. The van der Waals surface area contributed by atoms with Gasteiger partial charge in [0.05, 0.1) is 12.5 Å². The van der Waals surface area contributed by atoms with Gasteiger partial charge in [0.15, 0.2) is 0 Å². The molecule has 2 unspecified atom stereocenters. The molecule has 2 fully saturated rings. The van der Waals surface area contributed by atoms with Crippen molar-refractivity contribution in [2.24, 2.45) is 5.92 Å². The SMILES string of the molecule is COc1cccc(C(=O)N2C(C(=O)O)CSC2C2CC2)c1. The van der Waals surface area contributed by atoms with Crippen molar-refractivity contribution in [3.8, 4) is 5.75 Å². The third-order valence-corrected chi connectivity index (χ3v) is 5.36. The number of hydrogen-bond donors (Lipinski definition) is 1. The van der Waals surface area contributed by atoms with Gasteiger partial charge in [0.1, 0.15) is 11.8 Å². The molecule has 1 aromatic rings. The fourth-order valence-corrected chi connectivity index (χ4v) is 4.26. The number of aliphatic carboxylic acids is 1. The van der Waals surface area contributed by atoms with Gasteiger partial charge < -0.3 is 14.7 Å². The zero-order chi connectivity index (χ0) is 15.0. The predicted molar refractivity (Wildman–Crippen MR) is 79.6 cm³/mol. The number of ether oxygens (including phenoxy) is 1. The summed E-state index contributed by atoms with van der Waals surface area (Å²) in [5.41, 5.74) is 0.480. The summed E-state index contributed by atoms with van der Waals surface area (Å²) in [6.07, 6.45) is 2.15. The van der Waals surface area contributed by atoms with Crippen LogP contribution in [0.5, 0.6) is 5.75 Å². The minimum Gasteiger partial charge on any atom is -0.497 e. The first kappa shape index (κ1) is 14.3. The lowest BCUT2D eigenvalue weighted by molar-refractivity contribution is -0.141. The molecule has 3 rings (SSSR count). The van der Waals surface area contributed by atoms with Gasteiger partial charge in [-0.2, -0.15) is 0 Å². The summed E-state index contributed by atoms with van der Waals surface area (Å²) in [7, 11) is 1.54. The van der Waals surface area contributed by atoms with E-state index in [4.69, 9.17) is 4.74 Å². The maximum absolute atomic E-state index is 12.8. The minimum absolute atomic E-state index is 0.00944. The molecule has 6 heteroatoms. The first-order valence-electron chi connectivity index (χ1n) is 6.93. The van der Waals surface area contributed by atoms with Crippen LogP contribution in [-0.4, -0.2) is 46.2 Å². The Hall–Kier alpha value is -1.69. The van der Waals surface area contributed by atoms with Crippen molar-refractivity contribution in [3.05, 3.63) is 29.8 Å². The largest absolute Gasteiger partial charge is 0.497 e. The van der Waals surface area contributed by atoms with Crippen molar-refractivity contribution in [1.82, 2.24) is 4.90 Å². The topological polar surface area (TPSA) is 66.8 Å². The van der Waals surface area contributed by atoms with Gasteiger partial charge in [-0.3, -0.25) is 4.79 Å². The van der Waals surface area contributed by atoms with E-state index < -0.39 is 12.0 Å². The molecule has 1 heterocycles. The molecule has 2 aliphatic rings. The van der Waals surface area contributed by atoms with Crippen LogP contribution in [0.25, 0.3) is 0 Å². The average molecular weight is 307 g/mol. The molecule has 2 atom stereocenters. The lowest BCUT2D eigenvalue weighted by Gasteiger charge is -2.27. The molecular weight excluding hydrogens is 290 g/mol. The van der Waals surface area contributed by atoms with Gasteiger partial charge in [0.2, 0.25) is 0 Å². The van der Waals surface area contributed by atoms with Crippen LogP contribution >= 0.6 is 11.8 Å². The summed E-state index contributed by atoms with van der Waals surface area (Å²) in [5, 5.41) is 9.36. The molecule has 1 aliphatic carbocycles. The highest BCUT2D eigenvalue weighted by Gasteiger charge is 2.48. The highest BCUT2D eigenvalue weighted by Crippen LogP contribution is 2.46. The van der Waals surface area contributed by atoms with Gasteiger partial charge in [0.25, 0.3) is 5.91 Å². The summed E-state index contributed by atoms with van der Waals surface area (Å²) in [5.74, 6) is 0.355. The molecule has 0 spiro atoms. The average Bonchev–Trinajstić information content (AvgIpc) is 3.24. The summed E-state index contributed by atoms with van der Waals surface area (Å²) in [6, 6.07) is 6.14. The Morgan fingerprint density at radius 1 is 1.38 bits per heavy atom. The molecule has 1 amide bonds. The van der Waals surface area contributed by atoms with Gasteiger partial charge in [-0.15, -0.1) is 11.8 Å². The molecular formula is C15H17NO4S. The van der Waals surface area contributed by atoms with Crippen LogP contribution in [0.15, 0.2) is 24.3 Å². The number of carboxylic acid groups (broad SMARTS) is 1. The predicted octanol–water partition coefficient (Wildman–Crippen LogP) is 2.07. The van der Waals surface area contributed by atoms with E-state index in [-0.39, 0.29) is 11.3 Å². The fourth-order valence-electron chi connectivity index (χ4n) is 2.62. The van der Waals surface area contributed by atoms with Gasteiger partial charge >= 0.3 is 5.97 Å². The van der Waals surface area contributed by atoms with E-state index in [1.807, 2.05) is 0 Å². The normalized spacial score (nSPS) is 24.9. The van der Waals surface area contributed by atoms with Gasteiger partial charge in [-0.1, -0.05) is 6.07 Å². The van der Waals surface area contributed by atoms with Crippen molar-refractivity contribution in [3.63, 3.8) is 0 Å². The summed E-state index contributed by atoms with van der Waals surface area (Å²) in [4.78, 5) is 25.7. The van der Waals surface area contributed by atoms with E-state index in [9.17, 15) is 14.7 Å². The second-order valence-electron chi connectivity index (χ2n) is 5.36. The first-order valence-corrected chi connectivity index (χ1v) is 7.98. The number of carbonyl (C=O) groups excluding carboxylic acids is 1. The van der Waals surface area contributed by atoms with Gasteiger partial charge in [-0.25, -0.2) is 4.79 Å². The number of carbonyl (C=O) groups is 2. The Labute approximate surface area is 127 Å². The smallest absolute Gasteiger partial charge is 0.327 e. The monoisotopic (exact) mass is 307 g/mol. The van der Waals surface area contributed by atoms with E-state index in [1.54, 1.807) is 48.0 Å². The Morgan fingerprint density at radius 3 is 2.76 bits per heavy atom. The molecule has 0 bridgehead atoms. The molecule has 0 aromatic heterocycles. The van der Waals surface area contributed by atoms with Gasteiger partial charge in [-0.05, 0) is 37.0 Å². The van der Waals surface area contributed by atoms with E-state index in [0.717, 1.165) is 12.8 Å². The van der Waals surface area contributed by atoms with E-state index in [2.05, 4.69) is 0 Å². The number of rotatable bonds is 4. The number of carboxylic acids is 1. The molecule has 21 heavy (non-hydrogen) atoms. The van der Waals surface area contributed by atoms with E-state index in [1.165, 1.54) is 0 Å². The quantitative estimate of drug-likeness (QED) is 0.922. The number of methoxy groups -OCH3 is 1. The highest BCUT2D eigenvalue weighted by molar-refractivity contribution is 8.00. The summed E-state index contributed by atoms with van der Waals surface area (Å²) < 4.78 is 5.14. The van der Waals surface area contributed by atoms with Crippen LogP contribution in [0.1, 0.15) is 23.2 Å². The fraction of sp³-hybridized carbons (Fsp3) is 0.467. The van der Waals surface area contributed by atoms with Crippen molar-refractivity contribution >= 4 is 23.6 Å². The Morgan fingerprint density at radius 2 is 2.14 bits per heavy atom.